The molecule has 0 atom stereocenters. The number of aryl methyl sites for hydroxylation is 1. The molecule has 0 aromatic heterocycles. The van der Waals surface area contributed by atoms with Gasteiger partial charge in [-0.15, -0.1) is 0 Å². The van der Waals surface area contributed by atoms with Crippen LogP contribution in [0.15, 0.2) is 47.6 Å². The molecule has 0 fully saturated rings. The largest absolute Gasteiger partial charge is 0.272 e. The number of rotatable bonds is 4. The lowest BCUT2D eigenvalue weighted by molar-refractivity contribution is -0.385. The highest BCUT2D eigenvalue weighted by Crippen LogP contribution is 2.19. The zero-order valence-electron chi connectivity index (χ0n) is 12.5. The van der Waals surface area contributed by atoms with Crippen LogP contribution in [0.3, 0.4) is 0 Å². The van der Waals surface area contributed by atoms with Crippen molar-refractivity contribution in [1.82, 2.24) is 5.43 Å². The van der Waals surface area contributed by atoms with Crippen molar-refractivity contribution in [3.05, 3.63) is 74.3 Å². The van der Waals surface area contributed by atoms with Gasteiger partial charge in [0.2, 0.25) is 0 Å². The van der Waals surface area contributed by atoms with E-state index in [9.17, 15) is 14.9 Å². The van der Waals surface area contributed by atoms with E-state index in [1.165, 1.54) is 6.07 Å². The minimum atomic E-state index is -0.450. The quantitative estimate of drug-likeness (QED) is 0.526. The minimum Gasteiger partial charge on any atom is -0.267 e. The Balaban J connectivity index is 2.21. The molecule has 0 heterocycles. The zero-order valence-corrected chi connectivity index (χ0v) is 13.3. The first-order chi connectivity index (χ1) is 10.9. The summed E-state index contributed by atoms with van der Waals surface area (Å²) in [5, 5.41) is 15.3. The van der Waals surface area contributed by atoms with Crippen molar-refractivity contribution in [3.8, 4) is 0 Å². The van der Waals surface area contributed by atoms with Gasteiger partial charge in [0.05, 0.1) is 21.2 Å². The van der Waals surface area contributed by atoms with Crippen LogP contribution in [0.4, 0.5) is 5.69 Å². The van der Waals surface area contributed by atoms with Gasteiger partial charge < -0.3 is 0 Å². The molecule has 2 aromatic rings. The first-order valence-electron chi connectivity index (χ1n) is 6.74. The maximum atomic E-state index is 12.0. The molecule has 1 N–H and O–H groups in total. The highest BCUT2D eigenvalue weighted by Gasteiger charge is 2.13. The Morgan fingerprint density at radius 2 is 1.96 bits per heavy atom. The smallest absolute Gasteiger partial charge is 0.267 e. The number of hydrazone groups is 1. The van der Waals surface area contributed by atoms with Crippen molar-refractivity contribution in [1.29, 1.82) is 0 Å². The third kappa shape index (κ3) is 3.92. The van der Waals surface area contributed by atoms with Crippen LogP contribution in [0, 0.1) is 17.0 Å². The van der Waals surface area contributed by atoms with E-state index in [-0.39, 0.29) is 5.69 Å². The van der Waals surface area contributed by atoms with Gasteiger partial charge >= 0.3 is 0 Å². The molecular formula is C16H14ClN3O3. The average molecular weight is 332 g/mol. The van der Waals surface area contributed by atoms with Crippen LogP contribution in [-0.2, 0) is 0 Å². The zero-order chi connectivity index (χ0) is 17.0. The van der Waals surface area contributed by atoms with E-state index in [2.05, 4.69) is 10.5 Å². The number of halogens is 1. The van der Waals surface area contributed by atoms with E-state index < -0.39 is 10.8 Å². The molecule has 118 valence electrons. The summed E-state index contributed by atoms with van der Waals surface area (Å²) in [7, 11) is 0. The number of hydrogen-bond donors (Lipinski definition) is 1. The molecule has 0 spiro atoms. The number of carbonyl (C=O) groups is 1. The summed E-state index contributed by atoms with van der Waals surface area (Å²) in [6.07, 6.45) is 0. The fourth-order valence-corrected chi connectivity index (χ4v) is 2.16. The molecule has 1 amide bonds. The summed E-state index contributed by atoms with van der Waals surface area (Å²) in [6.45, 7) is 3.31. The van der Waals surface area contributed by atoms with E-state index in [4.69, 9.17) is 11.6 Å². The molecule has 0 unspecified atom stereocenters. The number of nitro groups is 1. The average Bonchev–Trinajstić information content (AvgIpc) is 2.52. The predicted octanol–water partition coefficient (Wildman–Crippen LogP) is 3.71. The van der Waals surface area contributed by atoms with Crippen molar-refractivity contribution >= 4 is 28.9 Å². The van der Waals surface area contributed by atoms with Gasteiger partial charge in [0, 0.05) is 17.2 Å². The molecule has 6 nitrogen and oxygen atoms in total. The van der Waals surface area contributed by atoms with Crippen molar-refractivity contribution in [2.45, 2.75) is 13.8 Å². The normalized spacial score (nSPS) is 11.2. The van der Waals surface area contributed by atoms with Crippen LogP contribution >= 0.6 is 11.6 Å². The Kier molecular flexibility index (Phi) is 5.08. The molecule has 0 radical (unpaired) electrons. The van der Waals surface area contributed by atoms with E-state index in [0.717, 1.165) is 0 Å². The van der Waals surface area contributed by atoms with E-state index >= 15 is 0 Å². The van der Waals surface area contributed by atoms with Crippen LogP contribution in [0.1, 0.15) is 28.4 Å². The number of hydrogen-bond acceptors (Lipinski definition) is 4. The van der Waals surface area contributed by atoms with Gasteiger partial charge in [0.25, 0.3) is 11.6 Å². The molecule has 0 aliphatic rings. The standard InChI is InChI=1S/C16H14ClN3O3/c1-10-7-8-12(9-15(10)20(22)23)11(2)18-19-16(21)13-5-3-4-6-14(13)17/h3-9H,1-2H3,(H,19,21)/b18-11+. The number of nitrogens with zero attached hydrogens (tertiary/aromatic N) is 2. The van der Waals surface area contributed by atoms with Crippen LogP contribution < -0.4 is 5.43 Å². The summed E-state index contributed by atoms with van der Waals surface area (Å²) in [5.41, 5.74) is 4.28. The number of nitrogens with one attached hydrogen (secondary N) is 1. The lowest BCUT2D eigenvalue weighted by atomic mass is 10.1. The number of nitro benzene ring substituents is 1. The molecule has 7 heteroatoms. The predicted molar refractivity (Wildman–Crippen MR) is 89.0 cm³/mol. The molecule has 2 rings (SSSR count). The van der Waals surface area contributed by atoms with Gasteiger partial charge in [-0.3, -0.25) is 14.9 Å². The molecule has 0 saturated heterocycles. The highest BCUT2D eigenvalue weighted by atomic mass is 35.5. The second-order valence-corrected chi connectivity index (χ2v) is 5.28. The van der Waals surface area contributed by atoms with Gasteiger partial charge in [-0.05, 0) is 26.0 Å². The Bertz CT molecular complexity index is 803. The number of amides is 1. The van der Waals surface area contributed by atoms with Gasteiger partial charge in [0.1, 0.15) is 0 Å². The Labute approximate surface area is 137 Å². The van der Waals surface area contributed by atoms with Crippen LogP contribution in [-0.4, -0.2) is 16.5 Å². The molecule has 0 aliphatic heterocycles. The summed E-state index contributed by atoms with van der Waals surface area (Å²) < 4.78 is 0. The van der Waals surface area contributed by atoms with Gasteiger partial charge in [-0.25, -0.2) is 5.43 Å². The summed E-state index contributed by atoms with van der Waals surface area (Å²) in [4.78, 5) is 22.5. The third-order valence-corrected chi connectivity index (χ3v) is 3.60. The lowest BCUT2D eigenvalue weighted by Gasteiger charge is -2.05. The third-order valence-electron chi connectivity index (χ3n) is 3.27. The number of carbonyl (C=O) groups excluding carboxylic acids is 1. The SMILES string of the molecule is C/C(=N\NC(=O)c1ccccc1Cl)c1ccc(C)c([N+](=O)[O-])c1. The molecular weight excluding hydrogens is 318 g/mol. The van der Waals surface area contributed by atoms with Crippen LogP contribution in [0.25, 0.3) is 0 Å². The first kappa shape index (κ1) is 16.6. The Hall–Kier alpha value is -2.73. The maximum absolute atomic E-state index is 12.0. The number of benzene rings is 2. The maximum Gasteiger partial charge on any atom is 0.272 e. The highest BCUT2D eigenvalue weighted by molar-refractivity contribution is 6.33. The summed E-state index contributed by atoms with van der Waals surface area (Å²) in [6, 6.07) is 11.4. The van der Waals surface area contributed by atoms with Crippen LogP contribution in [0.2, 0.25) is 5.02 Å². The van der Waals surface area contributed by atoms with Crippen molar-refractivity contribution in [2.24, 2.45) is 5.10 Å². The lowest BCUT2D eigenvalue weighted by Crippen LogP contribution is -2.19. The Morgan fingerprint density at radius 3 is 2.61 bits per heavy atom. The second-order valence-electron chi connectivity index (χ2n) is 4.88. The summed E-state index contributed by atoms with van der Waals surface area (Å²) in [5.74, 6) is -0.448. The topological polar surface area (TPSA) is 84.6 Å². The van der Waals surface area contributed by atoms with E-state index in [1.54, 1.807) is 50.2 Å². The van der Waals surface area contributed by atoms with Crippen LogP contribution in [0.5, 0.6) is 0 Å². The van der Waals surface area contributed by atoms with Crippen molar-refractivity contribution in [2.75, 3.05) is 0 Å². The minimum absolute atomic E-state index is 0.00878. The molecule has 0 bridgehead atoms. The van der Waals surface area contributed by atoms with Gasteiger partial charge in [0.15, 0.2) is 0 Å². The molecule has 0 aliphatic carbocycles. The van der Waals surface area contributed by atoms with Gasteiger partial charge in [-0.1, -0.05) is 35.9 Å². The first-order valence-corrected chi connectivity index (χ1v) is 7.12. The fourth-order valence-electron chi connectivity index (χ4n) is 1.94. The fraction of sp³-hybridized carbons (Fsp3) is 0.125. The Morgan fingerprint density at radius 1 is 1.26 bits per heavy atom. The molecule has 23 heavy (non-hydrogen) atoms. The second kappa shape index (κ2) is 7.02. The molecule has 2 aromatic carbocycles. The summed E-state index contributed by atoms with van der Waals surface area (Å²) >= 11 is 5.94. The van der Waals surface area contributed by atoms with E-state index in [1.807, 2.05) is 0 Å². The van der Waals surface area contributed by atoms with E-state index in [0.29, 0.717) is 27.4 Å². The van der Waals surface area contributed by atoms with Crippen molar-refractivity contribution < 1.29 is 9.72 Å². The van der Waals surface area contributed by atoms with Gasteiger partial charge in [-0.2, -0.15) is 5.10 Å². The van der Waals surface area contributed by atoms with Crippen molar-refractivity contribution in [3.63, 3.8) is 0 Å². The molecule has 0 saturated carbocycles. The monoisotopic (exact) mass is 331 g/mol.